The van der Waals surface area contributed by atoms with Crippen LogP contribution in [0, 0.1) is 6.92 Å². The highest BCUT2D eigenvalue weighted by Gasteiger charge is 2.29. The van der Waals surface area contributed by atoms with Crippen LogP contribution < -0.4 is 3.71 Å². The van der Waals surface area contributed by atoms with Gasteiger partial charge in [0, 0.05) is 0 Å². The SMILES string of the molecule is [CH2]c1cccc(N(S(C)(=O)=O)S(C)(=O)=O)c1Cl. The summed E-state index contributed by atoms with van der Waals surface area (Å²) in [4.78, 5) is 0. The highest BCUT2D eigenvalue weighted by Crippen LogP contribution is 2.31. The highest BCUT2D eigenvalue weighted by atomic mass is 35.5. The molecule has 1 rings (SSSR count). The summed E-state index contributed by atoms with van der Waals surface area (Å²) in [5.41, 5.74) is 0.227. The van der Waals surface area contributed by atoms with Gasteiger partial charge in [0.05, 0.1) is 23.2 Å². The van der Waals surface area contributed by atoms with E-state index >= 15 is 0 Å². The van der Waals surface area contributed by atoms with E-state index in [1.807, 2.05) is 0 Å². The van der Waals surface area contributed by atoms with Crippen molar-refractivity contribution in [2.24, 2.45) is 0 Å². The second-order valence-electron chi connectivity index (χ2n) is 3.47. The van der Waals surface area contributed by atoms with E-state index in [0.717, 1.165) is 12.5 Å². The van der Waals surface area contributed by atoms with Crippen molar-refractivity contribution in [1.29, 1.82) is 0 Å². The summed E-state index contributed by atoms with van der Waals surface area (Å²) in [6.07, 6.45) is 1.58. The molecule has 0 unspecified atom stereocenters. The average molecular weight is 297 g/mol. The third-order valence-corrected chi connectivity index (χ3v) is 5.52. The Morgan fingerprint density at radius 3 is 2.00 bits per heavy atom. The van der Waals surface area contributed by atoms with E-state index in [1.54, 1.807) is 6.07 Å². The van der Waals surface area contributed by atoms with Crippen molar-refractivity contribution in [3.05, 3.63) is 35.7 Å². The molecule has 95 valence electrons. The van der Waals surface area contributed by atoms with Crippen molar-refractivity contribution in [3.8, 4) is 0 Å². The maximum Gasteiger partial charge on any atom is 0.245 e. The zero-order valence-electron chi connectivity index (χ0n) is 9.21. The summed E-state index contributed by atoms with van der Waals surface area (Å²) in [6, 6.07) is 4.33. The van der Waals surface area contributed by atoms with Gasteiger partial charge in [0.25, 0.3) is 0 Å². The summed E-state index contributed by atoms with van der Waals surface area (Å²) in [5.74, 6) is 0. The van der Waals surface area contributed by atoms with Gasteiger partial charge in [-0.15, -0.1) is 0 Å². The Bertz CT molecular complexity index is 605. The van der Waals surface area contributed by atoms with Crippen molar-refractivity contribution in [2.75, 3.05) is 16.2 Å². The molecule has 0 aliphatic heterocycles. The second-order valence-corrected chi connectivity index (χ2v) is 7.74. The van der Waals surface area contributed by atoms with Gasteiger partial charge in [-0.25, -0.2) is 16.8 Å². The number of hydrogen-bond acceptors (Lipinski definition) is 4. The fourth-order valence-corrected chi connectivity index (χ4v) is 4.61. The van der Waals surface area contributed by atoms with Crippen LogP contribution >= 0.6 is 11.6 Å². The van der Waals surface area contributed by atoms with E-state index in [2.05, 4.69) is 6.92 Å². The Balaban J connectivity index is 3.62. The molecule has 0 atom stereocenters. The second kappa shape index (κ2) is 4.47. The molecule has 0 N–H and O–H groups in total. The molecule has 0 aromatic heterocycles. The van der Waals surface area contributed by atoms with Crippen LogP contribution in [-0.2, 0) is 20.0 Å². The van der Waals surface area contributed by atoms with Crippen LogP contribution in [0.15, 0.2) is 18.2 Å². The van der Waals surface area contributed by atoms with Gasteiger partial charge >= 0.3 is 0 Å². The molecule has 5 nitrogen and oxygen atoms in total. The molecule has 1 aromatic carbocycles. The van der Waals surface area contributed by atoms with Gasteiger partial charge in [0.15, 0.2) is 0 Å². The van der Waals surface area contributed by atoms with E-state index in [9.17, 15) is 16.8 Å². The van der Waals surface area contributed by atoms with Crippen LogP contribution in [0.25, 0.3) is 0 Å². The summed E-state index contributed by atoms with van der Waals surface area (Å²) in [5, 5.41) is -0.0108. The lowest BCUT2D eigenvalue weighted by Crippen LogP contribution is -2.35. The Kier molecular flexibility index (Phi) is 3.75. The van der Waals surface area contributed by atoms with E-state index in [0.29, 0.717) is 5.56 Å². The van der Waals surface area contributed by atoms with Gasteiger partial charge in [0.1, 0.15) is 0 Å². The first-order valence-electron chi connectivity index (χ1n) is 4.36. The Labute approximate surface area is 106 Å². The van der Waals surface area contributed by atoms with Crippen LogP contribution in [0.3, 0.4) is 0 Å². The molecule has 0 saturated heterocycles. The van der Waals surface area contributed by atoms with Gasteiger partial charge in [-0.2, -0.15) is 3.71 Å². The van der Waals surface area contributed by atoms with Gasteiger partial charge in [-0.05, 0) is 18.6 Å². The quantitative estimate of drug-likeness (QED) is 0.841. The first kappa shape index (κ1) is 14.3. The molecule has 17 heavy (non-hydrogen) atoms. The number of hydrogen-bond donors (Lipinski definition) is 0. The molecular formula is C9H11ClNO4S2. The summed E-state index contributed by atoms with van der Waals surface area (Å²) < 4.78 is 46.3. The predicted octanol–water partition coefficient (Wildman–Crippen LogP) is 1.25. The minimum Gasteiger partial charge on any atom is -0.206 e. The number of halogens is 1. The van der Waals surface area contributed by atoms with Crippen LogP contribution in [-0.4, -0.2) is 29.3 Å². The van der Waals surface area contributed by atoms with Gasteiger partial charge in [0.2, 0.25) is 20.0 Å². The number of rotatable bonds is 3. The lowest BCUT2D eigenvalue weighted by Gasteiger charge is -2.21. The average Bonchev–Trinajstić information content (AvgIpc) is 2.08. The lowest BCUT2D eigenvalue weighted by molar-refractivity contribution is 0.590. The van der Waals surface area contributed by atoms with Crippen molar-refractivity contribution in [2.45, 2.75) is 0 Å². The molecule has 0 aliphatic rings. The normalized spacial score (nSPS) is 12.5. The van der Waals surface area contributed by atoms with E-state index < -0.39 is 20.0 Å². The molecule has 0 bridgehead atoms. The Morgan fingerprint density at radius 1 is 1.12 bits per heavy atom. The molecule has 8 heteroatoms. The van der Waals surface area contributed by atoms with Crippen LogP contribution in [0.1, 0.15) is 5.56 Å². The van der Waals surface area contributed by atoms with Crippen LogP contribution in [0.5, 0.6) is 0 Å². The van der Waals surface area contributed by atoms with Crippen molar-refractivity contribution in [3.63, 3.8) is 0 Å². The van der Waals surface area contributed by atoms with Gasteiger partial charge in [-0.3, -0.25) is 0 Å². The molecule has 0 amide bonds. The molecule has 0 heterocycles. The Morgan fingerprint density at radius 2 is 1.59 bits per heavy atom. The number of nitrogens with zero attached hydrogens (tertiary/aromatic N) is 1. The molecule has 0 saturated carbocycles. The number of anilines is 1. The Hall–Kier alpha value is -0.790. The zero-order chi connectivity index (χ0) is 13.4. The minimum absolute atomic E-state index is 0.0108. The first-order chi connectivity index (χ1) is 7.55. The molecule has 0 fully saturated rings. The molecule has 0 aliphatic carbocycles. The molecule has 1 aromatic rings. The van der Waals surface area contributed by atoms with Gasteiger partial charge in [-0.1, -0.05) is 23.7 Å². The smallest absolute Gasteiger partial charge is 0.206 e. The first-order valence-corrected chi connectivity index (χ1v) is 8.43. The molecular weight excluding hydrogens is 286 g/mol. The third kappa shape index (κ3) is 3.11. The predicted molar refractivity (Wildman–Crippen MR) is 68.1 cm³/mol. The standard InChI is InChI=1S/C9H11ClNO4S2/c1-7-5-4-6-8(9(7)10)11(16(2,12)13)17(3,14)15/h4-6H,1H2,2-3H3. The largest absolute Gasteiger partial charge is 0.245 e. The van der Waals surface area contributed by atoms with E-state index in [-0.39, 0.29) is 14.4 Å². The van der Waals surface area contributed by atoms with E-state index in [1.165, 1.54) is 12.1 Å². The van der Waals surface area contributed by atoms with Crippen LogP contribution in [0.4, 0.5) is 5.69 Å². The van der Waals surface area contributed by atoms with Crippen molar-refractivity contribution >= 4 is 37.3 Å². The molecule has 1 radical (unpaired) electrons. The third-order valence-electron chi connectivity index (χ3n) is 1.86. The topological polar surface area (TPSA) is 71.5 Å². The zero-order valence-corrected chi connectivity index (χ0v) is 11.6. The number of benzene rings is 1. The summed E-state index contributed by atoms with van der Waals surface area (Å²) in [6.45, 7) is 3.58. The van der Waals surface area contributed by atoms with Crippen molar-refractivity contribution in [1.82, 2.24) is 0 Å². The lowest BCUT2D eigenvalue weighted by atomic mass is 10.2. The monoisotopic (exact) mass is 296 g/mol. The fraction of sp³-hybridized carbons (Fsp3) is 0.222. The van der Waals surface area contributed by atoms with E-state index in [4.69, 9.17) is 11.6 Å². The van der Waals surface area contributed by atoms with Gasteiger partial charge < -0.3 is 0 Å². The summed E-state index contributed by atoms with van der Waals surface area (Å²) >= 11 is 5.87. The summed E-state index contributed by atoms with van der Waals surface area (Å²) in [7, 11) is -7.96. The van der Waals surface area contributed by atoms with Crippen molar-refractivity contribution < 1.29 is 16.8 Å². The maximum absolute atomic E-state index is 11.5. The minimum atomic E-state index is -3.98. The van der Waals surface area contributed by atoms with Crippen LogP contribution in [0.2, 0.25) is 5.02 Å². The fourth-order valence-electron chi connectivity index (χ4n) is 1.31. The highest BCUT2D eigenvalue weighted by molar-refractivity contribution is 8.09. The maximum atomic E-state index is 11.5. The molecule has 0 spiro atoms. The number of sulfonamides is 2.